The van der Waals surface area contributed by atoms with Crippen LogP contribution >= 0.6 is 11.6 Å². The van der Waals surface area contributed by atoms with Crippen LogP contribution < -0.4 is 0 Å². The van der Waals surface area contributed by atoms with Crippen LogP contribution in [0.25, 0.3) is 0 Å². The van der Waals surface area contributed by atoms with Gasteiger partial charge in [-0.1, -0.05) is 31.9 Å². The maximum absolute atomic E-state index is 5.97. The van der Waals surface area contributed by atoms with Crippen molar-refractivity contribution in [1.29, 1.82) is 0 Å². The Balaban J connectivity index is 2.39. The van der Waals surface area contributed by atoms with Crippen molar-refractivity contribution in [2.45, 2.75) is 46.1 Å². The molecule has 0 aliphatic rings. The van der Waals surface area contributed by atoms with Crippen LogP contribution in [0.5, 0.6) is 0 Å². The normalized spacial score (nSPS) is 10.9. The highest BCUT2D eigenvalue weighted by Gasteiger charge is 2.07. The van der Waals surface area contributed by atoms with Gasteiger partial charge in [0.05, 0.1) is 12.3 Å². The molecule has 86 valence electrons. The zero-order valence-electron chi connectivity index (χ0n) is 9.48. The van der Waals surface area contributed by atoms with E-state index in [-0.39, 0.29) is 0 Å². The minimum Gasteiger partial charge on any atom is -0.375 e. The first kappa shape index (κ1) is 12.5. The SMILES string of the molecule is CCCCOCc1[nH]c(CCC)nc1Cl. The molecule has 0 aliphatic carbocycles. The molecular formula is C11H19ClN2O. The summed E-state index contributed by atoms with van der Waals surface area (Å²) >= 11 is 5.97. The molecule has 0 amide bonds. The fourth-order valence-electron chi connectivity index (χ4n) is 1.31. The molecule has 0 fully saturated rings. The number of nitrogens with zero attached hydrogens (tertiary/aromatic N) is 1. The quantitative estimate of drug-likeness (QED) is 0.730. The van der Waals surface area contributed by atoms with E-state index in [4.69, 9.17) is 16.3 Å². The van der Waals surface area contributed by atoms with Gasteiger partial charge in [-0.2, -0.15) is 0 Å². The van der Waals surface area contributed by atoms with Crippen LogP contribution in [0.4, 0.5) is 0 Å². The molecular weight excluding hydrogens is 212 g/mol. The zero-order valence-corrected chi connectivity index (χ0v) is 10.2. The van der Waals surface area contributed by atoms with Crippen molar-refractivity contribution in [2.24, 2.45) is 0 Å². The second-order valence-electron chi connectivity index (χ2n) is 3.61. The molecule has 1 N–H and O–H groups in total. The third-order valence-electron chi connectivity index (χ3n) is 2.15. The zero-order chi connectivity index (χ0) is 11.1. The van der Waals surface area contributed by atoms with E-state index in [2.05, 4.69) is 23.8 Å². The Morgan fingerprint density at radius 1 is 1.33 bits per heavy atom. The summed E-state index contributed by atoms with van der Waals surface area (Å²) in [5, 5.41) is 0.551. The lowest BCUT2D eigenvalue weighted by Gasteiger charge is -2.00. The molecule has 0 aliphatic heterocycles. The Morgan fingerprint density at radius 2 is 2.13 bits per heavy atom. The van der Waals surface area contributed by atoms with E-state index < -0.39 is 0 Å². The number of aromatic amines is 1. The number of hydrogen-bond donors (Lipinski definition) is 1. The van der Waals surface area contributed by atoms with Crippen LogP contribution in [0, 0.1) is 0 Å². The highest BCUT2D eigenvalue weighted by atomic mass is 35.5. The Labute approximate surface area is 96.2 Å². The Kier molecular flexibility index (Phi) is 5.73. The summed E-state index contributed by atoms with van der Waals surface area (Å²) in [6.45, 7) is 5.59. The summed E-state index contributed by atoms with van der Waals surface area (Å²) in [7, 11) is 0. The van der Waals surface area contributed by atoms with Gasteiger partial charge < -0.3 is 9.72 Å². The van der Waals surface area contributed by atoms with Crippen LogP contribution in [-0.4, -0.2) is 16.6 Å². The minimum atomic E-state index is 0.537. The second-order valence-corrected chi connectivity index (χ2v) is 3.97. The minimum absolute atomic E-state index is 0.537. The summed E-state index contributed by atoms with van der Waals surface area (Å²) < 4.78 is 5.48. The number of ether oxygens (including phenoxy) is 1. The maximum atomic E-state index is 5.97. The number of H-pyrrole nitrogens is 1. The topological polar surface area (TPSA) is 37.9 Å². The van der Waals surface area contributed by atoms with Gasteiger partial charge in [0.25, 0.3) is 0 Å². The fraction of sp³-hybridized carbons (Fsp3) is 0.727. The standard InChI is InChI=1S/C11H19ClN2O/c1-3-5-7-15-8-9-11(12)14-10(13-9)6-4-2/h3-8H2,1-2H3,(H,13,14). The number of nitrogens with one attached hydrogen (secondary N) is 1. The predicted octanol–water partition coefficient (Wildman–Crippen LogP) is 3.33. The van der Waals surface area contributed by atoms with Crippen LogP contribution in [0.1, 0.15) is 44.6 Å². The third-order valence-corrected chi connectivity index (χ3v) is 2.47. The molecule has 1 aromatic rings. The van der Waals surface area contributed by atoms with Crippen LogP contribution in [0.15, 0.2) is 0 Å². The van der Waals surface area contributed by atoms with Gasteiger partial charge in [-0.05, 0) is 12.8 Å². The van der Waals surface area contributed by atoms with Gasteiger partial charge in [-0.15, -0.1) is 0 Å². The Hall–Kier alpha value is -0.540. The molecule has 0 saturated carbocycles. The lowest BCUT2D eigenvalue weighted by Crippen LogP contribution is -1.96. The average Bonchev–Trinajstić information content (AvgIpc) is 2.55. The molecule has 0 bridgehead atoms. The number of aromatic nitrogens is 2. The maximum Gasteiger partial charge on any atom is 0.152 e. The lowest BCUT2D eigenvalue weighted by atomic mass is 10.3. The van der Waals surface area contributed by atoms with Crippen molar-refractivity contribution in [1.82, 2.24) is 9.97 Å². The Morgan fingerprint density at radius 3 is 2.80 bits per heavy atom. The smallest absolute Gasteiger partial charge is 0.152 e. The lowest BCUT2D eigenvalue weighted by molar-refractivity contribution is 0.116. The van der Waals surface area contributed by atoms with Crippen molar-refractivity contribution in [3.05, 3.63) is 16.7 Å². The molecule has 3 nitrogen and oxygen atoms in total. The van der Waals surface area contributed by atoms with Gasteiger partial charge in [0.1, 0.15) is 5.82 Å². The molecule has 0 saturated heterocycles. The number of aryl methyl sites for hydroxylation is 1. The average molecular weight is 231 g/mol. The summed E-state index contributed by atoms with van der Waals surface area (Å²) in [6, 6.07) is 0. The van der Waals surface area contributed by atoms with E-state index in [0.717, 1.165) is 43.8 Å². The molecule has 15 heavy (non-hydrogen) atoms. The number of halogens is 1. The molecule has 1 heterocycles. The van der Waals surface area contributed by atoms with Crippen LogP contribution in [-0.2, 0) is 17.8 Å². The van der Waals surface area contributed by atoms with Gasteiger partial charge in [-0.3, -0.25) is 0 Å². The van der Waals surface area contributed by atoms with E-state index >= 15 is 0 Å². The summed E-state index contributed by atoms with van der Waals surface area (Å²) in [5.74, 6) is 0.955. The van der Waals surface area contributed by atoms with Crippen molar-refractivity contribution in [2.75, 3.05) is 6.61 Å². The molecule has 0 spiro atoms. The van der Waals surface area contributed by atoms with Gasteiger partial charge in [-0.25, -0.2) is 4.98 Å². The number of rotatable bonds is 7. The van der Waals surface area contributed by atoms with Crippen LogP contribution in [0.3, 0.4) is 0 Å². The van der Waals surface area contributed by atoms with Crippen molar-refractivity contribution in [3.63, 3.8) is 0 Å². The second kappa shape index (κ2) is 6.85. The van der Waals surface area contributed by atoms with Crippen molar-refractivity contribution < 1.29 is 4.74 Å². The predicted molar refractivity (Wildman–Crippen MR) is 62.2 cm³/mol. The first-order chi connectivity index (χ1) is 7.27. The van der Waals surface area contributed by atoms with Gasteiger partial charge in [0.2, 0.25) is 0 Å². The molecule has 1 rings (SSSR count). The first-order valence-corrected chi connectivity index (χ1v) is 5.96. The first-order valence-electron chi connectivity index (χ1n) is 5.58. The molecule has 0 radical (unpaired) electrons. The van der Waals surface area contributed by atoms with E-state index in [1.807, 2.05) is 0 Å². The fourth-order valence-corrected chi connectivity index (χ4v) is 1.51. The number of unbranched alkanes of at least 4 members (excludes halogenated alkanes) is 1. The van der Waals surface area contributed by atoms with E-state index in [1.165, 1.54) is 0 Å². The van der Waals surface area contributed by atoms with Gasteiger partial charge in [0, 0.05) is 13.0 Å². The van der Waals surface area contributed by atoms with E-state index in [0.29, 0.717) is 11.8 Å². The highest BCUT2D eigenvalue weighted by molar-refractivity contribution is 6.30. The Bertz CT molecular complexity index is 286. The highest BCUT2D eigenvalue weighted by Crippen LogP contribution is 2.14. The largest absolute Gasteiger partial charge is 0.375 e. The summed E-state index contributed by atoms with van der Waals surface area (Å²) in [6.07, 6.45) is 4.25. The van der Waals surface area contributed by atoms with E-state index in [1.54, 1.807) is 0 Å². The van der Waals surface area contributed by atoms with Gasteiger partial charge in [0.15, 0.2) is 5.15 Å². The molecule has 4 heteroatoms. The molecule has 0 aromatic carbocycles. The molecule has 0 atom stereocenters. The van der Waals surface area contributed by atoms with E-state index in [9.17, 15) is 0 Å². The molecule has 0 unspecified atom stereocenters. The summed E-state index contributed by atoms with van der Waals surface area (Å²) in [4.78, 5) is 7.42. The monoisotopic (exact) mass is 230 g/mol. The summed E-state index contributed by atoms with van der Waals surface area (Å²) in [5.41, 5.74) is 0.899. The number of hydrogen-bond acceptors (Lipinski definition) is 2. The van der Waals surface area contributed by atoms with Gasteiger partial charge >= 0.3 is 0 Å². The van der Waals surface area contributed by atoms with Crippen molar-refractivity contribution >= 4 is 11.6 Å². The number of imidazole rings is 1. The third kappa shape index (κ3) is 4.22. The van der Waals surface area contributed by atoms with Crippen LogP contribution in [0.2, 0.25) is 5.15 Å². The molecule has 1 aromatic heterocycles. The van der Waals surface area contributed by atoms with Crippen molar-refractivity contribution in [3.8, 4) is 0 Å².